The zero-order valence-electron chi connectivity index (χ0n) is 8.26. The number of allylic oxidation sites excluding steroid dienone is 1. The molecule has 1 atom stereocenters. The van der Waals surface area contributed by atoms with Gasteiger partial charge in [-0.25, -0.2) is 0 Å². The highest BCUT2D eigenvalue weighted by Crippen LogP contribution is 2.16. The van der Waals surface area contributed by atoms with E-state index in [1.54, 1.807) is 0 Å². The Morgan fingerprint density at radius 2 is 1.64 bits per heavy atom. The van der Waals surface area contributed by atoms with Crippen molar-refractivity contribution in [1.29, 1.82) is 0 Å². The average molecular weight is 156 g/mol. The lowest BCUT2D eigenvalue weighted by Gasteiger charge is -2.14. The van der Waals surface area contributed by atoms with Crippen molar-refractivity contribution in [2.24, 2.45) is 11.3 Å². The van der Waals surface area contributed by atoms with Gasteiger partial charge < -0.3 is 5.11 Å². The van der Waals surface area contributed by atoms with Crippen molar-refractivity contribution in [2.45, 2.75) is 40.7 Å². The molecular weight excluding hydrogens is 136 g/mol. The fraction of sp³-hybridized carbons (Fsp3) is 0.800. The van der Waals surface area contributed by atoms with E-state index in [0.29, 0.717) is 5.92 Å². The molecule has 0 aromatic rings. The van der Waals surface area contributed by atoms with Crippen LogP contribution in [-0.2, 0) is 0 Å². The van der Waals surface area contributed by atoms with Crippen LogP contribution in [0.1, 0.15) is 34.6 Å². The molecule has 0 aliphatic heterocycles. The quantitative estimate of drug-likeness (QED) is 0.609. The molecule has 1 nitrogen and oxygen atoms in total. The fourth-order valence-corrected chi connectivity index (χ4v) is 0.609. The maximum absolute atomic E-state index is 9.40. The Morgan fingerprint density at radius 1 is 1.18 bits per heavy atom. The van der Waals surface area contributed by atoms with Crippen LogP contribution >= 0.6 is 0 Å². The van der Waals surface area contributed by atoms with Gasteiger partial charge in [0.05, 0.1) is 6.10 Å². The molecule has 0 saturated heterocycles. The minimum atomic E-state index is -0.297. The highest BCUT2D eigenvalue weighted by molar-refractivity contribution is 4.96. The van der Waals surface area contributed by atoms with Gasteiger partial charge in [-0.3, -0.25) is 0 Å². The number of hydrogen-bond donors (Lipinski definition) is 1. The van der Waals surface area contributed by atoms with Gasteiger partial charge in [0.25, 0.3) is 0 Å². The van der Waals surface area contributed by atoms with Crippen LogP contribution in [0.5, 0.6) is 0 Å². The third-order valence-corrected chi connectivity index (χ3v) is 1.48. The lowest BCUT2D eigenvalue weighted by Crippen LogP contribution is -2.12. The molecule has 0 aromatic heterocycles. The molecular formula is C10H20O. The van der Waals surface area contributed by atoms with Crippen LogP contribution < -0.4 is 0 Å². The first-order chi connectivity index (χ1) is 4.83. The molecule has 0 aromatic carbocycles. The zero-order chi connectivity index (χ0) is 9.07. The number of aliphatic hydroxyl groups is 1. The predicted octanol–water partition coefficient (Wildman–Crippen LogP) is 2.61. The minimum Gasteiger partial charge on any atom is -0.389 e. The second kappa shape index (κ2) is 3.91. The zero-order valence-corrected chi connectivity index (χ0v) is 8.26. The Balaban J connectivity index is 3.93. The first kappa shape index (κ1) is 10.7. The van der Waals surface area contributed by atoms with E-state index < -0.39 is 0 Å². The lowest BCUT2D eigenvalue weighted by molar-refractivity contribution is 0.171. The normalized spacial score (nSPS) is 16.3. The van der Waals surface area contributed by atoms with Gasteiger partial charge in [-0.05, 0) is 11.3 Å². The van der Waals surface area contributed by atoms with Crippen molar-refractivity contribution in [3.8, 4) is 0 Å². The molecule has 0 rings (SSSR count). The molecule has 1 heteroatoms. The van der Waals surface area contributed by atoms with E-state index >= 15 is 0 Å². The topological polar surface area (TPSA) is 20.2 Å². The summed E-state index contributed by atoms with van der Waals surface area (Å²) in [6.07, 6.45) is 3.64. The van der Waals surface area contributed by atoms with Gasteiger partial charge in [-0.15, -0.1) is 0 Å². The second-order valence-corrected chi connectivity index (χ2v) is 4.46. The van der Waals surface area contributed by atoms with Crippen molar-refractivity contribution in [1.82, 2.24) is 0 Å². The van der Waals surface area contributed by atoms with Gasteiger partial charge >= 0.3 is 0 Å². The lowest BCUT2D eigenvalue weighted by atomic mass is 9.94. The molecule has 0 aliphatic rings. The standard InChI is InChI=1S/C10H20O/c1-8(2)9(11)6-7-10(3,4)5/h6-9,11H,1-5H3/b7-6-. The predicted molar refractivity (Wildman–Crippen MR) is 49.4 cm³/mol. The molecule has 66 valence electrons. The van der Waals surface area contributed by atoms with E-state index in [2.05, 4.69) is 26.8 Å². The highest BCUT2D eigenvalue weighted by atomic mass is 16.3. The van der Waals surface area contributed by atoms with Crippen molar-refractivity contribution in [3.05, 3.63) is 12.2 Å². The Hall–Kier alpha value is -0.300. The Bertz CT molecular complexity index is 128. The molecule has 0 saturated carbocycles. The summed E-state index contributed by atoms with van der Waals surface area (Å²) >= 11 is 0. The van der Waals surface area contributed by atoms with E-state index in [1.807, 2.05) is 19.9 Å². The third-order valence-electron chi connectivity index (χ3n) is 1.48. The summed E-state index contributed by atoms with van der Waals surface area (Å²) in [4.78, 5) is 0. The molecule has 0 aliphatic carbocycles. The molecule has 0 radical (unpaired) electrons. The van der Waals surface area contributed by atoms with Gasteiger partial charge in [-0.2, -0.15) is 0 Å². The smallest absolute Gasteiger partial charge is 0.0743 e. The second-order valence-electron chi connectivity index (χ2n) is 4.46. The fourth-order valence-electron chi connectivity index (χ4n) is 0.609. The molecule has 1 N–H and O–H groups in total. The number of rotatable bonds is 2. The Morgan fingerprint density at radius 3 is 1.91 bits per heavy atom. The first-order valence-corrected chi connectivity index (χ1v) is 4.20. The van der Waals surface area contributed by atoms with Crippen LogP contribution in [0.3, 0.4) is 0 Å². The van der Waals surface area contributed by atoms with Gasteiger partial charge in [0.2, 0.25) is 0 Å². The first-order valence-electron chi connectivity index (χ1n) is 4.20. The van der Waals surface area contributed by atoms with Crippen LogP contribution in [0.15, 0.2) is 12.2 Å². The number of aliphatic hydroxyl groups excluding tert-OH is 1. The third kappa shape index (κ3) is 6.11. The summed E-state index contributed by atoms with van der Waals surface area (Å²) in [5.41, 5.74) is 0.176. The van der Waals surface area contributed by atoms with E-state index in [-0.39, 0.29) is 11.5 Å². The number of hydrogen-bond acceptors (Lipinski definition) is 1. The van der Waals surface area contributed by atoms with E-state index in [9.17, 15) is 5.11 Å². The van der Waals surface area contributed by atoms with Gasteiger partial charge in [0.15, 0.2) is 0 Å². The average Bonchev–Trinajstić information content (AvgIpc) is 1.80. The maximum Gasteiger partial charge on any atom is 0.0743 e. The van der Waals surface area contributed by atoms with Crippen molar-refractivity contribution in [2.75, 3.05) is 0 Å². The summed E-state index contributed by atoms with van der Waals surface area (Å²) in [6, 6.07) is 0. The van der Waals surface area contributed by atoms with Crippen LogP contribution in [-0.4, -0.2) is 11.2 Å². The maximum atomic E-state index is 9.40. The molecule has 1 unspecified atom stereocenters. The minimum absolute atomic E-state index is 0.176. The van der Waals surface area contributed by atoms with E-state index in [4.69, 9.17) is 0 Å². The summed E-state index contributed by atoms with van der Waals surface area (Å²) in [6.45, 7) is 10.4. The van der Waals surface area contributed by atoms with Crippen LogP contribution in [0, 0.1) is 11.3 Å². The summed E-state index contributed by atoms with van der Waals surface area (Å²) < 4.78 is 0. The molecule has 0 heterocycles. The largest absolute Gasteiger partial charge is 0.389 e. The highest BCUT2D eigenvalue weighted by Gasteiger charge is 2.08. The molecule has 0 amide bonds. The van der Waals surface area contributed by atoms with Gasteiger partial charge in [0, 0.05) is 0 Å². The van der Waals surface area contributed by atoms with Gasteiger partial charge in [-0.1, -0.05) is 46.8 Å². The summed E-state index contributed by atoms with van der Waals surface area (Å²) in [5, 5.41) is 9.40. The van der Waals surface area contributed by atoms with Crippen molar-refractivity contribution >= 4 is 0 Å². The van der Waals surface area contributed by atoms with Crippen LogP contribution in [0.4, 0.5) is 0 Å². The monoisotopic (exact) mass is 156 g/mol. The Labute approximate surface area is 70.1 Å². The van der Waals surface area contributed by atoms with E-state index in [0.717, 1.165) is 0 Å². The summed E-state index contributed by atoms with van der Waals surface area (Å²) in [5.74, 6) is 0.314. The Kier molecular flexibility index (Phi) is 3.81. The molecule has 0 bridgehead atoms. The van der Waals surface area contributed by atoms with Crippen molar-refractivity contribution in [3.63, 3.8) is 0 Å². The SMILES string of the molecule is CC(C)C(O)/C=C\C(C)(C)C. The van der Waals surface area contributed by atoms with Crippen molar-refractivity contribution < 1.29 is 5.11 Å². The van der Waals surface area contributed by atoms with E-state index in [1.165, 1.54) is 0 Å². The van der Waals surface area contributed by atoms with Crippen LogP contribution in [0.25, 0.3) is 0 Å². The summed E-state index contributed by atoms with van der Waals surface area (Å²) in [7, 11) is 0. The van der Waals surface area contributed by atoms with Gasteiger partial charge in [0.1, 0.15) is 0 Å². The van der Waals surface area contributed by atoms with Crippen LogP contribution in [0.2, 0.25) is 0 Å². The molecule has 0 spiro atoms. The molecule has 0 fully saturated rings. The molecule has 11 heavy (non-hydrogen) atoms.